The van der Waals surface area contributed by atoms with Crippen molar-refractivity contribution in [2.24, 2.45) is 0 Å². The molecule has 1 aliphatic rings. The van der Waals surface area contributed by atoms with Crippen LogP contribution in [0.4, 0.5) is 11.4 Å². The summed E-state index contributed by atoms with van der Waals surface area (Å²) in [6, 6.07) is 51.0. The summed E-state index contributed by atoms with van der Waals surface area (Å²) >= 11 is 0. The average molecular weight is 710 g/mol. The van der Waals surface area contributed by atoms with Gasteiger partial charge in [-0.3, -0.25) is 0 Å². The summed E-state index contributed by atoms with van der Waals surface area (Å²) < 4.78 is 0. The number of hydrogen-bond donors (Lipinski definition) is 1. The molecular weight excluding hydrogens is 651 g/mol. The van der Waals surface area contributed by atoms with E-state index in [-0.39, 0.29) is 21.7 Å². The van der Waals surface area contributed by atoms with Crippen molar-refractivity contribution >= 4 is 11.4 Å². The van der Waals surface area contributed by atoms with Gasteiger partial charge < -0.3 is 5.32 Å². The molecule has 0 unspecified atom stereocenters. The van der Waals surface area contributed by atoms with Gasteiger partial charge in [0.05, 0.1) is 5.41 Å². The first-order valence-corrected chi connectivity index (χ1v) is 19.8. The predicted octanol–water partition coefficient (Wildman–Crippen LogP) is 14.7. The molecule has 7 rings (SSSR count). The first-order valence-electron chi connectivity index (χ1n) is 19.8. The second-order valence-electron chi connectivity index (χ2n) is 19.7. The molecule has 0 radical (unpaired) electrons. The van der Waals surface area contributed by atoms with E-state index in [1.165, 1.54) is 66.8 Å². The van der Waals surface area contributed by atoms with Crippen molar-refractivity contribution in [3.8, 4) is 22.3 Å². The van der Waals surface area contributed by atoms with Crippen LogP contribution >= 0.6 is 0 Å². The summed E-state index contributed by atoms with van der Waals surface area (Å²) in [4.78, 5) is 0. The molecule has 0 bridgehead atoms. The van der Waals surface area contributed by atoms with Gasteiger partial charge in [-0.15, -0.1) is 0 Å². The molecule has 0 saturated carbocycles. The monoisotopic (exact) mass is 709 g/mol. The number of nitrogens with one attached hydrogen (secondary N) is 1. The molecule has 0 atom stereocenters. The summed E-state index contributed by atoms with van der Waals surface area (Å²) in [6.45, 7) is 27.6. The van der Waals surface area contributed by atoms with Crippen LogP contribution in [0.5, 0.6) is 0 Å². The predicted molar refractivity (Wildman–Crippen MR) is 234 cm³/mol. The number of fused-ring (bicyclic) bond motifs is 3. The number of rotatable bonds is 5. The number of anilines is 2. The van der Waals surface area contributed by atoms with E-state index < -0.39 is 5.41 Å². The van der Waals surface area contributed by atoms with Crippen LogP contribution in [0, 0.1) is 0 Å². The van der Waals surface area contributed by atoms with Crippen LogP contribution in [0.2, 0.25) is 0 Å². The van der Waals surface area contributed by atoms with Crippen LogP contribution in [-0.2, 0) is 27.1 Å². The maximum absolute atomic E-state index is 3.81. The van der Waals surface area contributed by atoms with Crippen LogP contribution in [-0.4, -0.2) is 0 Å². The van der Waals surface area contributed by atoms with Crippen LogP contribution < -0.4 is 5.32 Å². The molecule has 1 nitrogen and oxygen atoms in total. The molecule has 1 N–H and O–H groups in total. The van der Waals surface area contributed by atoms with Crippen molar-refractivity contribution in [1.82, 2.24) is 0 Å². The van der Waals surface area contributed by atoms with Gasteiger partial charge in [0.2, 0.25) is 0 Å². The van der Waals surface area contributed by atoms with E-state index in [1.807, 2.05) is 0 Å². The van der Waals surface area contributed by atoms with Gasteiger partial charge in [0.1, 0.15) is 0 Å². The minimum absolute atomic E-state index is 0.0719. The zero-order chi connectivity index (χ0) is 38.8. The molecule has 0 fully saturated rings. The summed E-state index contributed by atoms with van der Waals surface area (Å²) in [5, 5.41) is 3.81. The Bertz CT molecular complexity index is 2200. The molecule has 1 aliphatic carbocycles. The van der Waals surface area contributed by atoms with Crippen molar-refractivity contribution in [3.05, 3.63) is 178 Å². The topological polar surface area (TPSA) is 12.0 Å². The second kappa shape index (κ2) is 13.2. The molecular formula is C53H59N. The van der Waals surface area contributed by atoms with Crippen molar-refractivity contribution in [1.29, 1.82) is 0 Å². The minimum atomic E-state index is -0.469. The van der Waals surface area contributed by atoms with Crippen LogP contribution in [0.15, 0.2) is 133 Å². The van der Waals surface area contributed by atoms with Gasteiger partial charge in [-0.05, 0) is 113 Å². The number of hydrogen-bond acceptors (Lipinski definition) is 1. The average Bonchev–Trinajstić information content (AvgIpc) is 3.41. The lowest BCUT2D eigenvalue weighted by molar-refractivity contribution is 0.569. The Morgan fingerprint density at radius 2 is 0.796 bits per heavy atom. The fourth-order valence-corrected chi connectivity index (χ4v) is 8.16. The highest BCUT2D eigenvalue weighted by molar-refractivity contribution is 5.88. The Kier molecular flexibility index (Phi) is 9.12. The molecule has 0 aliphatic heterocycles. The summed E-state index contributed by atoms with van der Waals surface area (Å²) in [7, 11) is 0. The standard InChI is InChI=1S/C53H59N/c1-49(2,3)37-19-23-39(24-20-37)53(40-25-21-38(22-26-40)50(4,5)6)47-16-14-13-15-45(47)46-30-29-44(34-48(46)53)54-43-27-17-35(18-28-43)36-31-41(51(7,8)9)33-42(32-36)52(10,11)12/h13-34,54H,1-12H3. The van der Waals surface area contributed by atoms with E-state index in [0.717, 1.165) is 11.4 Å². The number of benzene rings is 6. The first-order chi connectivity index (χ1) is 25.3. The highest BCUT2D eigenvalue weighted by atomic mass is 14.9. The third kappa shape index (κ3) is 6.83. The minimum Gasteiger partial charge on any atom is -0.356 e. The lowest BCUT2D eigenvalue weighted by Crippen LogP contribution is -2.29. The maximum Gasteiger partial charge on any atom is 0.0714 e. The molecule has 276 valence electrons. The molecule has 6 aromatic rings. The normalized spacial score (nSPS) is 14.1. The quantitative estimate of drug-likeness (QED) is 0.188. The van der Waals surface area contributed by atoms with Gasteiger partial charge >= 0.3 is 0 Å². The first kappa shape index (κ1) is 37.4. The van der Waals surface area contributed by atoms with Crippen LogP contribution in [0.25, 0.3) is 22.3 Å². The highest BCUT2D eigenvalue weighted by Gasteiger charge is 2.46. The summed E-state index contributed by atoms with van der Waals surface area (Å²) in [5.74, 6) is 0. The van der Waals surface area contributed by atoms with E-state index in [4.69, 9.17) is 0 Å². The molecule has 0 saturated heterocycles. The van der Waals surface area contributed by atoms with Crippen molar-refractivity contribution in [2.45, 2.75) is 110 Å². The fraction of sp³-hybridized carbons (Fsp3) is 0.321. The Balaban J connectivity index is 1.33. The largest absolute Gasteiger partial charge is 0.356 e. The van der Waals surface area contributed by atoms with Gasteiger partial charge in [0, 0.05) is 11.4 Å². The van der Waals surface area contributed by atoms with E-state index >= 15 is 0 Å². The van der Waals surface area contributed by atoms with E-state index in [2.05, 4.69) is 222 Å². The highest BCUT2D eigenvalue weighted by Crippen LogP contribution is 2.57. The zero-order valence-electron chi connectivity index (χ0n) is 34.7. The van der Waals surface area contributed by atoms with Crippen LogP contribution in [0.1, 0.15) is 128 Å². The van der Waals surface area contributed by atoms with Crippen LogP contribution in [0.3, 0.4) is 0 Å². The third-order valence-corrected chi connectivity index (χ3v) is 11.6. The van der Waals surface area contributed by atoms with Crippen molar-refractivity contribution < 1.29 is 0 Å². The SMILES string of the molecule is CC(C)(C)c1ccc(C2(c3ccc(C(C)(C)C)cc3)c3ccccc3-c3ccc(Nc4ccc(-c5cc(C(C)(C)C)cc(C(C)(C)C)c5)cc4)cc32)cc1. The molecule has 0 aromatic heterocycles. The molecule has 0 spiro atoms. The summed E-state index contributed by atoms with van der Waals surface area (Å²) in [6.07, 6.45) is 0. The van der Waals surface area contributed by atoms with Gasteiger partial charge in [0.15, 0.2) is 0 Å². The molecule has 1 heteroatoms. The Labute approximate surface area is 325 Å². The molecule has 0 heterocycles. The lowest BCUT2D eigenvalue weighted by Gasteiger charge is -2.35. The molecule has 54 heavy (non-hydrogen) atoms. The third-order valence-electron chi connectivity index (χ3n) is 11.6. The van der Waals surface area contributed by atoms with Gasteiger partial charge in [-0.1, -0.05) is 192 Å². The van der Waals surface area contributed by atoms with Gasteiger partial charge in [-0.25, -0.2) is 0 Å². The molecule has 0 amide bonds. The Hall–Kier alpha value is -4.88. The Morgan fingerprint density at radius 1 is 0.352 bits per heavy atom. The van der Waals surface area contributed by atoms with E-state index in [9.17, 15) is 0 Å². The zero-order valence-corrected chi connectivity index (χ0v) is 34.7. The van der Waals surface area contributed by atoms with Gasteiger partial charge in [0.25, 0.3) is 0 Å². The second-order valence-corrected chi connectivity index (χ2v) is 19.7. The lowest BCUT2D eigenvalue weighted by atomic mass is 9.67. The molecule has 6 aromatic carbocycles. The van der Waals surface area contributed by atoms with Gasteiger partial charge in [-0.2, -0.15) is 0 Å². The fourth-order valence-electron chi connectivity index (χ4n) is 8.16. The van der Waals surface area contributed by atoms with Crippen molar-refractivity contribution in [2.75, 3.05) is 5.32 Å². The maximum atomic E-state index is 3.81. The van der Waals surface area contributed by atoms with E-state index in [1.54, 1.807) is 0 Å². The summed E-state index contributed by atoms with van der Waals surface area (Å²) in [5.41, 5.74) is 17.7. The Morgan fingerprint density at radius 3 is 1.28 bits per heavy atom. The van der Waals surface area contributed by atoms with E-state index in [0.29, 0.717) is 0 Å². The van der Waals surface area contributed by atoms with Crippen molar-refractivity contribution in [3.63, 3.8) is 0 Å². The smallest absolute Gasteiger partial charge is 0.0714 e.